The number of rotatable bonds is 1. The van der Waals surface area contributed by atoms with E-state index in [2.05, 4.69) is 37.3 Å². The summed E-state index contributed by atoms with van der Waals surface area (Å²) in [4.78, 5) is 0. The molecule has 1 heteroatoms. The fourth-order valence-corrected chi connectivity index (χ4v) is 2.55. The molecule has 0 aliphatic heterocycles. The molecule has 3 rings (SSSR count). The average Bonchev–Trinajstić information content (AvgIpc) is 2.67. The summed E-state index contributed by atoms with van der Waals surface area (Å²) in [6.45, 7) is 2.18. The van der Waals surface area contributed by atoms with E-state index in [-0.39, 0.29) is 0 Å². The molecule has 0 saturated carbocycles. The summed E-state index contributed by atoms with van der Waals surface area (Å²) in [5.41, 5.74) is 6.96. The third-order valence-electron chi connectivity index (χ3n) is 3.32. The second-order valence-corrected chi connectivity index (χ2v) is 4.31. The first kappa shape index (κ1) is 9.46. The molecule has 0 aromatic heterocycles. The Morgan fingerprint density at radius 2 is 1.94 bits per heavy atom. The van der Waals surface area contributed by atoms with Crippen molar-refractivity contribution in [3.8, 4) is 16.9 Å². The normalized spacial score (nSPS) is 12.1. The number of hydrogen-bond acceptors (Lipinski definition) is 1. The zero-order chi connectivity index (χ0) is 11.1. The minimum atomic E-state index is 0.948. The summed E-state index contributed by atoms with van der Waals surface area (Å²) < 4.78 is 5.27. The number of ether oxygens (including phenoxy) is 1. The van der Waals surface area contributed by atoms with Gasteiger partial charge in [-0.15, -0.1) is 0 Å². The molecular formula is C15H14O. The standard InChI is InChI=1S/C15H14O/c1-10-4-3-5-11-8-12-9-13(16-2)6-7-14(12)15(10)11/h3-7,9H,8H2,1-2H3. The van der Waals surface area contributed by atoms with Crippen molar-refractivity contribution in [3.05, 3.63) is 53.1 Å². The Balaban J connectivity index is 2.22. The molecule has 1 nitrogen and oxygen atoms in total. The van der Waals surface area contributed by atoms with Crippen molar-refractivity contribution >= 4 is 0 Å². The maximum absolute atomic E-state index is 5.27. The summed E-state index contributed by atoms with van der Waals surface area (Å²) in [6, 6.07) is 12.9. The van der Waals surface area contributed by atoms with E-state index in [1.54, 1.807) is 7.11 Å². The molecule has 2 aromatic carbocycles. The molecule has 0 amide bonds. The lowest BCUT2D eigenvalue weighted by Gasteiger charge is -2.06. The second kappa shape index (κ2) is 3.38. The van der Waals surface area contributed by atoms with E-state index in [0.717, 1.165) is 12.2 Å². The van der Waals surface area contributed by atoms with Gasteiger partial charge < -0.3 is 4.74 Å². The Morgan fingerprint density at radius 3 is 2.75 bits per heavy atom. The van der Waals surface area contributed by atoms with Crippen molar-refractivity contribution in [1.29, 1.82) is 0 Å². The van der Waals surface area contributed by atoms with E-state index in [0.29, 0.717) is 0 Å². The van der Waals surface area contributed by atoms with Crippen molar-refractivity contribution in [2.75, 3.05) is 7.11 Å². The fraction of sp³-hybridized carbons (Fsp3) is 0.200. The molecule has 0 fully saturated rings. The van der Waals surface area contributed by atoms with E-state index >= 15 is 0 Å². The van der Waals surface area contributed by atoms with Crippen molar-refractivity contribution in [2.24, 2.45) is 0 Å². The van der Waals surface area contributed by atoms with Gasteiger partial charge >= 0.3 is 0 Å². The van der Waals surface area contributed by atoms with Gasteiger partial charge in [-0.2, -0.15) is 0 Å². The van der Waals surface area contributed by atoms with Gasteiger partial charge in [0.25, 0.3) is 0 Å². The van der Waals surface area contributed by atoms with Crippen molar-refractivity contribution in [2.45, 2.75) is 13.3 Å². The molecule has 0 atom stereocenters. The van der Waals surface area contributed by atoms with Crippen LogP contribution in [0.15, 0.2) is 36.4 Å². The van der Waals surface area contributed by atoms with Gasteiger partial charge in [0.1, 0.15) is 5.75 Å². The molecule has 0 radical (unpaired) electrons. The molecule has 1 aliphatic carbocycles. The van der Waals surface area contributed by atoms with Gasteiger partial charge in [0.15, 0.2) is 0 Å². The van der Waals surface area contributed by atoms with Crippen LogP contribution in [0.1, 0.15) is 16.7 Å². The van der Waals surface area contributed by atoms with Crippen LogP contribution < -0.4 is 4.74 Å². The molecule has 80 valence electrons. The Morgan fingerprint density at radius 1 is 1.06 bits per heavy atom. The molecule has 0 bridgehead atoms. The van der Waals surface area contributed by atoms with Gasteiger partial charge in [0.05, 0.1) is 7.11 Å². The predicted molar refractivity (Wildman–Crippen MR) is 66.0 cm³/mol. The molecule has 1 aliphatic rings. The summed E-state index contributed by atoms with van der Waals surface area (Å²) in [5.74, 6) is 0.948. The minimum Gasteiger partial charge on any atom is -0.497 e. The summed E-state index contributed by atoms with van der Waals surface area (Å²) in [7, 11) is 1.72. The fourth-order valence-electron chi connectivity index (χ4n) is 2.55. The topological polar surface area (TPSA) is 9.23 Å². The van der Waals surface area contributed by atoms with Crippen LogP contribution in [-0.4, -0.2) is 7.11 Å². The maximum atomic E-state index is 5.27. The SMILES string of the molecule is COc1ccc2c(c1)Cc1cccc(C)c1-2. The van der Waals surface area contributed by atoms with Gasteiger partial charge in [-0.1, -0.05) is 24.3 Å². The molecule has 0 heterocycles. The van der Waals surface area contributed by atoms with Crippen LogP contribution in [0.5, 0.6) is 5.75 Å². The Bertz CT molecular complexity index is 555. The van der Waals surface area contributed by atoms with E-state index < -0.39 is 0 Å². The third kappa shape index (κ3) is 1.25. The quantitative estimate of drug-likeness (QED) is 0.596. The lowest BCUT2D eigenvalue weighted by molar-refractivity contribution is 0.414. The van der Waals surface area contributed by atoms with E-state index in [1.165, 1.54) is 27.8 Å². The Labute approximate surface area is 95.7 Å². The van der Waals surface area contributed by atoms with E-state index in [4.69, 9.17) is 4.74 Å². The van der Waals surface area contributed by atoms with E-state index in [1.807, 2.05) is 6.07 Å². The number of hydrogen-bond donors (Lipinski definition) is 0. The number of benzene rings is 2. The number of aryl methyl sites for hydroxylation is 1. The second-order valence-electron chi connectivity index (χ2n) is 4.31. The summed E-state index contributed by atoms with van der Waals surface area (Å²) >= 11 is 0. The van der Waals surface area contributed by atoms with Crippen LogP contribution in [0.3, 0.4) is 0 Å². The Hall–Kier alpha value is -1.76. The summed E-state index contributed by atoms with van der Waals surface area (Å²) in [5, 5.41) is 0. The highest BCUT2D eigenvalue weighted by molar-refractivity contribution is 5.79. The van der Waals surface area contributed by atoms with Crippen LogP contribution in [0.2, 0.25) is 0 Å². The summed E-state index contributed by atoms with van der Waals surface area (Å²) in [6.07, 6.45) is 1.03. The van der Waals surface area contributed by atoms with Gasteiger partial charge in [0.2, 0.25) is 0 Å². The molecule has 0 spiro atoms. The minimum absolute atomic E-state index is 0.948. The first-order chi connectivity index (χ1) is 7.79. The van der Waals surface area contributed by atoms with Crippen LogP contribution in [0, 0.1) is 6.92 Å². The largest absolute Gasteiger partial charge is 0.497 e. The van der Waals surface area contributed by atoms with Crippen LogP contribution in [-0.2, 0) is 6.42 Å². The molecule has 0 unspecified atom stereocenters. The first-order valence-electron chi connectivity index (χ1n) is 5.55. The smallest absolute Gasteiger partial charge is 0.119 e. The molecular weight excluding hydrogens is 196 g/mol. The molecule has 2 aromatic rings. The molecule has 16 heavy (non-hydrogen) atoms. The average molecular weight is 210 g/mol. The highest BCUT2D eigenvalue weighted by Crippen LogP contribution is 2.39. The van der Waals surface area contributed by atoms with Crippen molar-refractivity contribution in [1.82, 2.24) is 0 Å². The third-order valence-corrected chi connectivity index (χ3v) is 3.32. The van der Waals surface area contributed by atoms with Gasteiger partial charge in [0, 0.05) is 0 Å². The predicted octanol–water partition coefficient (Wildman–Crippen LogP) is 3.57. The zero-order valence-corrected chi connectivity index (χ0v) is 9.58. The lowest BCUT2D eigenvalue weighted by atomic mass is 10.0. The first-order valence-corrected chi connectivity index (χ1v) is 5.55. The lowest BCUT2D eigenvalue weighted by Crippen LogP contribution is -1.85. The highest BCUT2D eigenvalue weighted by atomic mass is 16.5. The number of methoxy groups -OCH3 is 1. The van der Waals surface area contributed by atoms with E-state index in [9.17, 15) is 0 Å². The molecule has 0 saturated heterocycles. The van der Waals surface area contributed by atoms with Gasteiger partial charge in [-0.25, -0.2) is 0 Å². The Kier molecular flexibility index (Phi) is 2.00. The maximum Gasteiger partial charge on any atom is 0.119 e. The van der Waals surface area contributed by atoms with Crippen LogP contribution >= 0.6 is 0 Å². The van der Waals surface area contributed by atoms with Crippen molar-refractivity contribution in [3.63, 3.8) is 0 Å². The van der Waals surface area contributed by atoms with Gasteiger partial charge in [-0.3, -0.25) is 0 Å². The highest BCUT2D eigenvalue weighted by Gasteiger charge is 2.19. The van der Waals surface area contributed by atoms with Crippen LogP contribution in [0.4, 0.5) is 0 Å². The monoisotopic (exact) mass is 210 g/mol. The van der Waals surface area contributed by atoms with Crippen molar-refractivity contribution < 1.29 is 4.74 Å². The number of fused-ring (bicyclic) bond motifs is 3. The van der Waals surface area contributed by atoms with Gasteiger partial charge in [-0.05, 0) is 53.3 Å². The molecule has 0 N–H and O–H groups in total. The zero-order valence-electron chi connectivity index (χ0n) is 9.58. The van der Waals surface area contributed by atoms with Crippen LogP contribution in [0.25, 0.3) is 11.1 Å².